The number of nitrogens with two attached hydrogens (primary N) is 1. The first-order chi connectivity index (χ1) is 8.18. The van der Waals surface area contributed by atoms with Crippen LogP contribution in [0.15, 0.2) is 29.9 Å². The van der Waals surface area contributed by atoms with E-state index in [2.05, 4.69) is 15.3 Å². The van der Waals surface area contributed by atoms with E-state index in [1.807, 2.05) is 24.4 Å². The molecule has 0 aliphatic heterocycles. The van der Waals surface area contributed by atoms with Crippen LogP contribution in [0.25, 0.3) is 0 Å². The summed E-state index contributed by atoms with van der Waals surface area (Å²) in [6.07, 6.45) is 3.46. The molecule has 0 saturated carbocycles. The van der Waals surface area contributed by atoms with Gasteiger partial charge >= 0.3 is 0 Å². The molecule has 88 valence electrons. The van der Waals surface area contributed by atoms with Crippen LogP contribution < -0.4 is 11.1 Å². The second-order valence-electron chi connectivity index (χ2n) is 3.50. The molecule has 2 aromatic rings. The topological polar surface area (TPSA) is 63.8 Å². The molecule has 0 aromatic carbocycles. The molecular weight excluding hydrogens is 252 g/mol. The van der Waals surface area contributed by atoms with Crippen molar-refractivity contribution in [1.82, 2.24) is 9.97 Å². The summed E-state index contributed by atoms with van der Waals surface area (Å²) in [5, 5.41) is 6.28. The molecule has 0 amide bonds. The number of hydrogen-bond acceptors (Lipinski definition) is 5. The molecule has 6 heteroatoms. The number of thiocarbonyl (C=S) groups is 1. The Morgan fingerprint density at radius 3 is 2.94 bits per heavy atom. The van der Waals surface area contributed by atoms with Gasteiger partial charge in [-0.2, -0.15) is 0 Å². The minimum Gasteiger partial charge on any atom is -0.388 e. The van der Waals surface area contributed by atoms with Crippen molar-refractivity contribution in [1.29, 1.82) is 0 Å². The number of nitrogens with zero attached hydrogens (tertiary/aromatic N) is 2. The van der Waals surface area contributed by atoms with Crippen molar-refractivity contribution >= 4 is 34.2 Å². The van der Waals surface area contributed by atoms with Crippen molar-refractivity contribution in [3.8, 4) is 0 Å². The largest absolute Gasteiger partial charge is 0.388 e. The van der Waals surface area contributed by atoms with Gasteiger partial charge in [0, 0.05) is 17.8 Å². The van der Waals surface area contributed by atoms with Gasteiger partial charge in [-0.3, -0.25) is 4.98 Å². The van der Waals surface area contributed by atoms with Crippen LogP contribution in [0, 0.1) is 0 Å². The van der Waals surface area contributed by atoms with Gasteiger partial charge in [-0.05, 0) is 19.1 Å². The average Bonchev–Trinajstić information content (AvgIpc) is 2.83. The number of pyridine rings is 1. The smallest absolute Gasteiger partial charge is 0.124 e. The third-order valence-electron chi connectivity index (χ3n) is 2.23. The number of thiazole rings is 1. The summed E-state index contributed by atoms with van der Waals surface area (Å²) in [6.45, 7) is 2.04. The van der Waals surface area contributed by atoms with Crippen molar-refractivity contribution in [2.45, 2.75) is 13.0 Å². The maximum absolute atomic E-state index is 5.62. The molecule has 0 radical (unpaired) electrons. The number of rotatable bonds is 4. The first kappa shape index (κ1) is 11.9. The first-order valence-corrected chi connectivity index (χ1v) is 6.38. The van der Waals surface area contributed by atoms with Crippen LogP contribution in [0.2, 0.25) is 0 Å². The Kier molecular flexibility index (Phi) is 3.65. The molecule has 4 nitrogen and oxygen atoms in total. The number of anilines is 1. The predicted octanol–water partition coefficient (Wildman–Crippen LogP) is 2.35. The fourth-order valence-electron chi connectivity index (χ4n) is 1.46. The average molecular weight is 264 g/mol. The Morgan fingerprint density at radius 2 is 2.29 bits per heavy atom. The standard InChI is InChI=1S/C11H12N4S2/c1-7(11-14-5-6-17-11)15-8-3-2-4-13-9(8)10(12)16/h2-7,15H,1H3,(H2,12,16). The predicted molar refractivity (Wildman–Crippen MR) is 74.3 cm³/mol. The van der Waals surface area contributed by atoms with Gasteiger partial charge in [-0.1, -0.05) is 12.2 Å². The van der Waals surface area contributed by atoms with Crippen LogP contribution >= 0.6 is 23.6 Å². The molecule has 1 atom stereocenters. The molecule has 17 heavy (non-hydrogen) atoms. The number of hydrogen-bond donors (Lipinski definition) is 2. The van der Waals surface area contributed by atoms with Crippen molar-refractivity contribution in [2.75, 3.05) is 5.32 Å². The summed E-state index contributed by atoms with van der Waals surface area (Å²) in [5.41, 5.74) is 7.08. The Labute approximate surface area is 109 Å². The van der Waals surface area contributed by atoms with Crippen molar-refractivity contribution in [2.24, 2.45) is 5.73 Å². The third-order valence-corrected chi connectivity index (χ3v) is 3.39. The van der Waals surface area contributed by atoms with E-state index < -0.39 is 0 Å². The van der Waals surface area contributed by atoms with Gasteiger partial charge in [0.05, 0.1) is 11.7 Å². The summed E-state index contributed by atoms with van der Waals surface area (Å²) in [5.74, 6) is 0. The Hall–Kier alpha value is -1.53. The molecule has 0 saturated heterocycles. The van der Waals surface area contributed by atoms with E-state index >= 15 is 0 Å². The molecule has 0 aliphatic rings. The fraction of sp³-hybridized carbons (Fsp3) is 0.182. The highest BCUT2D eigenvalue weighted by Gasteiger charge is 2.11. The zero-order chi connectivity index (χ0) is 12.3. The van der Waals surface area contributed by atoms with Crippen LogP contribution in [0.5, 0.6) is 0 Å². The van der Waals surface area contributed by atoms with Gasteiger partial charge in [-0.15, -0.1) is 11.3 Å². The zero-order valence-corrected chi connectivity index (χ0v) is 10.9. The molecule has 1 unspecified atom stereocenters. The molecular formula is C11H12N4S2. The molecule has 0 spiro atoms. The van der Waals surface area contributed by atoms with Crippen LogP contribution in [0.1, 0.15) is 23.7 Å². The van der Waals surface area contributed by atoms with Crippen LogP contribution in [0.3, 0.4) is 0 Å². The Balaban J connectivity index is 2.21. The lowest BCUT2D eigenvalue weighted by molar-refractivity contribution is 0.867. The van der Waals surface area contributed by atoms with Crippen LogP contribution in [-0.2, 0) is 0 Å². The van der Waals surface area contributed by atoms with E-state index in [1.54, 1.807) is 23.7 Å². The second kappa shape index (κ2) is 5.20. The van der Waals surface area contributed by atoms with Gasteiger partial charge in [-0.25, -0.2) is 4.98 Å². The quantitative estimate of drug-likeness (QED) is 0.830. The lowest BCUT2D eigenvalue weighted by Crippen LogP contribution is -2.16. The monoisotopic (exact) mass is 264 g/mol. The van der Waals surface area contributed by atoms with E-state index in [-0.39, 0.29) is 6.04 Å². The normalized spacial score (nSPS) is 12.1. The minimum atomic E-state index is 0.104. The Bertz CT molecular complexity index is 510. The van der Waals surface area contributed by atoms with E-state index in [0.29, 0.717) is 10.7 Å². The van der Waals surface area contributed by atoms with Crippen LogP contribution in [-0.4, -0.2) is 15.0 Å². The van der Waals surface area contributed by atoms with Crippen LogP contribution in [0.4, 0.5) is 5.69 Å². The van der Waals surface area contributed by atoms with E-state index in [1.165, 1.54) is 0 Å². The minimum absolute atomic E-state index is 0.104. The number of nitrogens with one attached hydrogen (secondary N) is 1. The molecule has 0 aliphatic carbocycles. The lowest BCUT2D eigenvalue weighted by Gasteiger charge is -2.14. The third kappa shape index (κ3) is 2.78. The highest BCUT2D eigenvalue weighted by atomic mass is 32.1. The van der Waals surface area contributed by atoms with Gasteiger partial charge < -0.3 is 11.1 Å². The Morgan fingerprint density at radius 1 is 1.47 bits per heavy atom. The van der Waals surface area contributed by atoms with Gasteiger partial charge in [0.1, 0.15) is 15.7 Å². The highest BCUT2D eigenvalue weighted by Crippen LogP contribution is 2.22. The fourth-order valence-corrected chi connectivity index (χ4v) is 2.27. The SMILES string of the molecule is CC(Nc1cccnc1C(N)=S)c1nccs1. The molecule has 2 rings (SSSR count). The summed E-state index contributed by atoms with van der Waals surface area (Å²) < 4.78 is 0. The molecule has 0 fully saturated rings. The first-order valence-electron chi connectivity index (χ1n) is 5.09. The zero-order valence-electron chi connectivity index (χ0n) is 9.25. The van der Waals surface area contributed by atoms with Gasteiger partial charge in [0.2, 0.25) is 0 Å². The molecule has 3 N–H and O–H groups in total. The van der Waals surface area contributed by atoms with Crippen molar-refractivity contribution < 1.29 is 0 Å². The summed E-state index contributed by atoms with van der Waals surface area (Å²) in [7, 11) is 0. The van der Waals surface area contributed by atoms with E-state index in [4.69, 9.17) is 18.0 Å². The maximum Gasteiger partial charge on any atom is 0.124 e. The summed E-state index contributed by atoms with van der Waals surface area (Å²) in [6, 6.07) is 3.86. The molecule has 2 heterocycles. The van der Waals surface area contributed by atoms with E-state index in [0.717, 1.165) is 10.7 Å². The molecule has 0 bridgehead atoms. The van der Waals surface area contributed by atoms with Crippen molar-refractivity contribution in [3.63, 3.8) is 0 Å². The lowest BCUT2D eigenvalue weighted by atomic mass is 10.2. The maximum atomic E-state index is 5.62. The number of aromatic nitrogens is 2. The second-order valence-corrected chi connectivity index (χ2v) is 4.87. The highest BCUT2D eigenvalue weighted by molar-refractivity contribution is 7.80. The summed E-state index contributed by atoms with van der Waals surface area (Å²) >= 11 is 6.57. The van der Waals surface area contributed by atoms with Gasteiger partial charge in [0.15, 0.2) is 0 Å². The van der Waals surface area contributed by atoms with Crippen molar-refractivity contribution in [3.05, 3.63) is 40.6 Å². The van der Waals surface area contributed by atoms with Gasteiger partial charge in [0.25, 0.3) is 0 Å². The molecule has 2 aromatic heterocycles. The summed E-state index contributed by atoms with van der Waals surface area (Å²) in [4.78, 5) is 8.72. The van der Waals surface area contributed by atoms with E-state index in [9.17, 15) is 0 Å².